The van der Waals surface area contributed by atoms with Gasteiger partial charge in [0.15, 0.2) is 6.61 Å². The van der Waals surface area contributed by atoms with Crippen LogP contribution in [0.25, 0.3) is 0 Å². The number of rotatable bonds is 6. The second-order valence-corrected chi connectivity index (χ2v) is 6.49. The van der Waals surface area contributed by atoms with Crippen molar-refractivity contribution in [3.05, 3.63) is 54.1 Å². The maximum absolute atomic E-state index is 11.9. The largest absolute Gasteiger partial charge is 0.497 e. The van der Waals surface area contributed by atoms with Crippen LogP contribution in [0.1, 0.15) is 10.4 Å². The van der Waals surface area contributed by atoms with E-state index < -0.39 is 28.5 Å². The molecule has 0 aliphatic heterocycles. The Morgan fingerprint density at radius 3 is 2.52 bits per heavy atom. The summed E-state index contributed by atoms with van der Waals surface area (Å²) in [7, 11) is -2.41. The van der Waals surface area contributed by atoms with Gasteiger partial charge in [-0.1, -0.05) is 12.1 Å². The van der Waals surface area contributed by atoms with Crippen molar-refractivity contribution in [2.75, 3.05) is 19.0 Å². The van der Waals surface area contributed by atoms with Gasteiger partial charge in [-0.25, -0.2) is 18.4 Å². The smallest absolute Gasteiger partial charge is 0.338 e. The van der Waals surface area contributed by atoms with E-state index >= 15 is 0 Å². The van der Waals surface area contributed by atoms with Crippen molar-refractivity contribution in [3.8, 4) is 5.75 Å². The maximum atomic E-state index is 11.9. The van der Waals surface area contributed by atoms with E-state index in [9.17, 15) is 18.0 Å². The monoisotopic (exact) mass is 364 g/mol. The number of primary sulfonamides is 1. The third-order valence-electron chi connectivity index (χ3n) is 3.09. The van der Waals surface area contributed by atoms with Crippen molar-refractivity contribution in [1.82, 2.24) is 0 Å². The third kappa shape index (κ3) is 5.30. The summed E-state index contributed by atoms with van der Waals surface area (Å²) in [4.78, 5) is 23.6. The Kier molecular flexibility index (Phi) is 5.73. The van der Waals surface area contributed by atoms with Crippen molar-refractivity contribution >= 4 is 27.6 Å². The van der Waals surface area contributed by atoms with Crippen LogP contribution in [0.5, 0.6) is 5.75 Å². The van der Waals surface area contributed by atoms with Gasteiger partial charge >= 0.3 is 5.97 Å². The SMILES string of the molecule is COc1cccc(C(=O)OCC(=O)Nc2cccc(S(N)(=O)=O)c2)c1. The number of carbonyl (C=O) groups excluding carboxylic acids is 2. The molecule has 0 fully saturated rings. The molecule has 25 heavy (non-hydrogen) atoms. The Hall–Kier alpha value is -2.91. The van der Waals surface area contributed by atoms with Crippen LogP contribution in [0.2, 0.25) is 0 Å². The minimum Gasteiger partial charge on any atom is -0.497 e. The van der Waals surface area contributed by atoms with Crippen molar-refractivity contribution in [2.45, 2.75) is 4.90 Å². The summed E-state index contributed by atoms with van der Waals surface area (Å²) in [6.45, 7) is -0.532. The average molecular weight is 364 g/mol. The number of benzene rings is 2. The molecule has 1 amide bonds. The van der Waals surface area contributed by atoms with Gasteiger partial charge < -0.3 is 14.8 Å². The molecule has 0 aliphatic rings. The van der Waals surface area contributed by atoms with Crippen molar-refractivity contribution in [1.29, 1.82) is 0 Å². The number of nitrogens with one attached hydrogen (secondary N) is 1. The van der Waals surface area contributed by atoms with E-state index in [1.807, 2.05) is 0 Å². The minimum absolute atomic E-state index is 0.140. The summed E-state index contributed by atoms with van der Waals surface area (Å²) < 4.78 is 32.5. The average Bonchev–Trinajstić information content (AvgIpc) is 2.59. The van der Waals surface area contributed by atoms with Crippen molar-refractivity contribution < 1.29 is 27.5 Å². The van der Waals surface area contributed by atoms with Gasteiger partial charge in [0.2, 0.25) is 10.0 Å². The standard InChI is InChI=1S/C16H16N2O6S/c1-23-13-6-2-4-11(8-13)16(20)24-10-15(19)18-12-5-3-7-14(9-12)25(17,21)22/h2-9H,10H2,1H3,(H,18,19)(H2,17,21,22). The molecular weight excluding hydrogens is 348 g/mol. The first kappa shape index (κ1) is 18.4. The molecule has 0 atom stereocenters. The van der Waals surface area contributed by atoms with Crippen LogP contribution < -0.4 is 15.2 Å². The predicted octanol–water partition coefficient (Wildman–Crippen LogP) is 1.14. The molecule has 2 rings (SSSR count). The Balaban J connectivity index is 1.95. The fourth-order valence-corrected chi connectivity index (χ4v) is 2.47. The first-order chi connectivity index (χ1) is 11.8. The topological polar surface area (TPSA) is 125 Å². The van der Waals surface area contributed by atoms with E-state index in [2.05, 4.69) is 5.32 Å². The predicted molar refractivity (Wildman–Crippen MR) is 89.7 cm³/mol. The van der Waals surface area contributed by atoms with Crippen LogP contribution in [-0.2, 0) is 19.6 Å². The van der Waals surface area contributed by atoms with Gasteiger partial charge in [-0.3, -0.25) is 4.79 Å². The maximum Gasteiger partial charge on any atom is 0.338 e. The fraction of sp³-hybridized carbons (Fsp3) is 0.125. The van der Waals surface area contributed by atoms with Crippen LogP contribution >= 0.6 is 0 Å². The number of hydrogen-bond acceptors (Lipinski definition) is 6. The summed E-state index contributed by atoms with van der Waals surface area (Å²) in [6, 6.07) is 11.7. The lowest BCUT2D eigenvalue weighted by molar-refractivity contribution is -0.119. The van der Waals surface area contributed by atoms with Crippen molar-refractivity contribution in [2.24, 2.45) is 5.14 Å². The van der Waals surface area contributed by atoms with E-state index in [0.717, 1.165) is 0 Å². The molecule has 8 nitrogen and oxygen atoms in total. The Morgan fingerprint density at radius 2 is 1.84 bits per heavy atom. The molecule has 0 aromatic heterocycles. The molecule has 2 aromatic rings. The highest BCUT2D eigenvalue weighted by atomic mass is 32.2. The van der Waals surface area contributed by atoms with Gasteiger partial charge in [0.1, 0.15) is 5.75 Å². The van der Waals surface area contributed by atoms with Crippen LogP contribution in [-0.4, -0.2) is 34.0 Å². The molecule has 0 spiro atoms. The zero-order valence-corrected chi connectivity index (χ0v) is 14.1. The Bertz CT molecular complexity index is 895. The van der Waals surface area contributed by atoms with E-state index in [0.29, 0.717) is 5.75 Å². The van der Waals surface area contributed by atoms with Crippen molar-refractivity contribution in [3.63, 3.8) is 0 Å². The second-order valence-electron chi connectivity index (χ2n) is 4.93. The zero-order chi connectivity index (χ0) is 18.4. The van der Waals surface area contributed by atoms with Gasteiger partial charge in [-0.2, -0.15) is 0 Å². The van der Waals surface area contributed by atoms with Crippen LogP contribution in [0, 0.1) is 0 Å². The highest BCUT2D eigenvalue weighted by molar-refractivity contribution is 7.89. The van der Waals surface area contributed by atoms with E-state index in [4.69, 9.17) is 14.6 Å². The van der Waals surface area contributed by atoms with Crippen LogP contribution in [0.3, 0.4) is 0 Å². The van der Waals surface area contributed by atoms with Crippen LogP contribution in [0.15, 0.2) is 53.4 Å². The molecule has 0 unspecified atom stereocenters. The van der Waals surface area contributed by atoms with Crippen LogP contribution in [0.4, 0.5) is 5.69 Å². The lowest BCUT2D eigenvalue weighted by atomic mass is 10.2. The number of methoxy groups -OCH3 is 1. The summed E-state index contributed by atoms with van der Waals surface area (Å²) in [5.41, 5.74) is 0.456. The summed E-state index contributed by atoms with van der Waals surface area (Å²) in [5, 5.41) is 7.45. The molecule has 0 saturated heterocycles. The quantitative estimate of drug-likeness (QED) is 0.741. The third-order valence-corrected chi connectivity index (χ3v) is 4.00. The lowest BCUT2D eigenvalue weighted by Crippen LogP contribution is -2.21. The van der Waals surface area contributed by atoms with Gasteiger partial charge in [0.05, 0.1) is 17.6 Å². The van der Waals surface area contributed by atoms with E-state index in [1.165, 1.54) is 43.5 Å². The van der Waals surface area contributed by atoms with Gasteiger partial charge in [-0.05, 0) is 36.4 Å². The second kappa shape index (κ2) is 7.77. The molecule has 0 heterocycles. The number of hydrogen-bond donors (Lipinski definition) is 2. The van der Waals surface area contributed by atoms with E-state index in [-0.39, 0.29) is 16.1 Å². The Labute approximate surface area is 144 Å². The highest BCUT2D eigenvalue weighted by Crippen LogP contribution is 2.15. The van der Waals surface area contributed by atoms with Gasteiger partial charge in [0.25, 0.3) is 5.91 Å². The summed E-state index contributed by atoms with van der Waals surface area (Å²) in [5.74, 6) is -0.825. The molecule has 3 N–H and O–H groups in total. The van der Waals surface area contributed by atoms with E-state index in [1.54, 1.807) is 12.1 Å². The molecule has 0 aliphatic carbocycles. The lowest BCUT2D eigenvalue weighted by Gasteiger charge is -2.08. The van der Waals surface area contributed by atoms with Gasteiger partial charge in [-0.15, -0.1) is 0 Å². The van der Waals surface area contributed by atoms with Gasteiger partial charge in [0, 0.05) is 5.69 Å². The molecule has 0 bridgehead atoms. The molecule has 0 saturated carbocycles. The molecule has 132 valence electrons. The summed E-state index contributed by atoms with van der Waals surface area (Å²) >= 11 is 0. The molecular formula is C16H16N2O6S. The molecule has 2 aromatic carbocycles. The summed E-state index contributed by atoms with van der Waals surface area (Å²) in [6.07, 6.45) is 0. The number of anilines is 1. The highest BCUT2D eigenvalue weighted by Gasteiger charge is 2.13. The minimum atomic E-state index is -3.88. The first-order valence-corrected chi connectivity index (χ1v) is 8.58. The Morgan fingerprint density at radius 1 is 1.12 bits per heavy atom. The number of amides is 1. The normalized spacial score (nSPS) is 10.8. The number of ether oxygens (including phenoxy) is 2. The number of sulfonamides is 1. The fourth-order valence-electron chi connectivity index (χ4n) is 1.91. The number of carbonyl (C=O) groups is 2. The number of nitrogens with two attached hydrogens (primary N) is 1. The molecule has 0 radical (unpaired) electrons. The first-order valence-electron chi connectivity index (χ1n) is 7.03. The number of esters is 1. The zero-order valence-electron chi connectivity index (χ0n) is 13.3. The molecule has 9 heteroatoms.